The Morgan fingerprint density at radius 1 is 1.62 bits per heavy atom. The number of guanidine groups is 1. The van der Waals surface area contributed by atoms with Gasteiger partial charge in [-0.25, -0.2) is 4.79 Å². The zero-order chi connectivity index (χ0) is 10.8. The minimum atomic E-state index is -4.84. The molecular formula is C4H10N3O5P. The molecule has 0 rings (SSSR count). The number of nitrogens with two attached hydrogens (primary N) is 1. The first-order chi connectivity index (χ1) is 5.68. The third-order valence-electron chi connectivity index (χ3n) is 1.29. The van der Waals surface area contributed by atoms with Gasteiger partial charge in [0.2, 0.25) is 5.78 Å². The number of carbonyl (C=O) groups is 1. The van der Waals surface area contributed by atoms with Crippen LogP contribution in [0.25, 0.3) is 0 Å². The standard InChI is InChI=1S/C4H10N3O5P/c1-7(4(5)6)2(3(8)9)13(10,11)12/h2H,1H3,(H3,5,6)(H,8,9)(H2,10,11,12)/t2-/m0/s1. The van der Waals surface area contributed by atoms with Crippen molar-refractivity contribution in [1.82, 2.24) is 4.90 Å². The SMILES string of the molecule is CN(C(=N)N)[C@H](C(=O)O)P(=O)(O)O. The summed E-state index contributed by atoms with van der Waals surface area (Å²) in [6.07, 6.45) is 0. The first kappa shape index (κ1) is 11.9. The lowest BCUT2D eigenvalue weighted by molar-refractivity contribution is -0.139. The topological polar surface area (TPSA) is 148 Å². The van der Waals surface area contributed by atoms with Gasteiger partial charge in [-0.05, 0) is 0 Å². The Hall–Kier alpha value is -1.11. The second kappa shape index (κ2) is 3.73. The van der Waals surface area contributed by atoms with Crippen molar-refractivity contribution in [3.63, 3.8) is 0 Å². The normalized spacial score (nSPS) is 13.5. The molecule has 0 saturated heterocycles. The van der Waals surface area contributed by atoms with Crippen molar-refractivity contribution in [2.75, 3.05) is 7.05 Å². The van der Waals surface area contributed by atoms with Gasteiger partial charge in [0, 0.05) is 7.05 Å². The van der Waals surface area contributed by atoms with E-state index in [1.165, 1.54) is 0 Å². The molecule has 1 atom stereocenters. The number of rotatable bonds is 3. The van der Waals surface area contributed by atoms with Crippen LogP contribution in [0, 0.1) is 5.41 Å². The summed E-state index contributed by atoms with van der Waals surface area (Å²) in [5, 5.41) is 15.2. The van der Waals surface area contributed by atoms with E-state index in [0.29, 0.717) is 4.90 Å². The zero-order valence-electron chi connectivity index (χ0n) is 6.71. The molecule has 0 unspecified atom stereocenters. The highest BCUT2D eigenvalue weighted by Crippen LogP contribution is 2.42. The number of aliphatic carboxylic acids is 1. The van der Waals surface area contributed by atoms with Gasteiger partial charge in [-0.15, -0.1) is 0 Å². The van der Waals surface area contributed by atoms with Gasteiger partial charge in [0.15, 0.2) is 5.96 Å². The fourth-order valence-electron chi connectivity index (χ4n) is 0.667. The van der Waals surface area contributed by atoms with Crippen molar-refractivity contribution in [2.45, 2.75) is 5.78 Å². The summed E-state index contributed by atoms with van der Waals surface area (Å²) in [6.45, 7) is 0. The number of carboxylic acid groups (broad SMARTS) is 1. The maximum Gasteiger partial charge on any atom is 0.359 e. The van der Waals surface area contributed by atoms with Gasteiger partial charge in [-0.1, -0.05) is 0 Å². The Labute approximate surface area is 73.6 Å². The molecule has 0 spiro atoms. The van der Waals surface area contributed by atoms with E-state index in [0.717, 1.165) is 7.05 Å². The molecule has 6 N–H and O–H groups in total. The van der Waals surface area contributed by atoms with Gasteiger partial charge in [0.25, 0.3) is 0 Å². The predicted octanol–water partition coefficient (Wildman–Crippen LogP) is -1.60. The van der Waals surface area contributed by atoms with E-state index in [1.54, 1.807) is 0 Å². The molecule has 0 aromatic carbocycles. The average Bonchev–Trinajstić information content (AvgIpc) is 1.82. The van der Waals surface area contributed by atoms with Crippen LogP contribution in [0.5, 0.6) is 0 Å². The molecule has 8 nitrogen and oxygen atoms in total. The highest BCUT2D eigenvalue weighted by Gasteiger charge is 2.40. The summed E-state index contributed by atoms with van der Waals surface area (Å²) >= 11 is 0. The predicted molar refractivity (Wildman–Crippen MR) is 43.1 cm³/mol. The molecule has 0 aliphatic heterocycles. The van der Waals surface area contributed by atoms with Crippen LogP contribution in [0.2, 0.25) is 0 Å². The molecule has 0 amide bonds. The molecule has 0 saturated carbocycles. The van der Waals surface area contributed by atoms with Gasteiger partial charge < -0.3 is 25.5 Å². The quantitative estimate of drug-likeness (QED) is 0.214. The van der Waals surface area contributed by atoms with Crippen molar-refractivity contribution in [3.8, 4) is 0 Å². The third kappa shape index (κ3) is 3.02. The van der Waals surface area contributed by atoms with E-state index in [1.807, 2.05) is 0 Å². The maximum absolute atomic E-state index is 10.6. The average molecular weight is 211 g/mol. The lowest BCUT2D eigenvalue weighted by Crippen LogP contribution is -2.45. The summed E-state index contributed by atoms with van der Waals surface area (Å²) in [5.74, 6) is -4.56. The van der Waals surface area contributed by atoms with Crippen LogP contribution >= 0.6 is 7.60 Å². The summed E-state index contributed by atoms with van der Waals surface area (Å²) in [7, 11) is -3.82. The first-order valence-corrected chi connectivity index (χ1v) is 4.71. The highest BCUT2D eigenvalue weighted by molar-refractivity contribution is 7.53. The fourth-order valence-corrected chi connectivity index (χ4v) is 1.53. The first-order valence-electron chi connectivity index (χ1n) is 3.02. The molecule has 0 bridgehead atoms. The molecule has 0 heterocycles. The summed E-state index contributed by atoms with van der Waals surface area (Å²) in [5.41, 5.74) is 4.87. The molecule has 0 fully saturated rings. The van der Waals surface area contributed by atoms with Crippen molar-refractivity contribution < 1.29 is 24.3 Å². The fraction of sp³-hybridized carbons (Fsp3) is 0.500. The lowest BCUT2D eigenvalue weighted by Gasteiger charge is -2.24. The van der Waals surface area contributed by atoms with Crippen LogP contribution in [0.3, 0.4) is 0 Å². The smallest absolute Gasteiger partial charge is 0.359 e. The number of nitrogens with zero attached hydrogens (tertiary/aromatic N) is 1. The minimum Gasteiger partial charge on any atom is -0.479 e. The Bertz CT molecular complexity index is 273. The van der Waals surface area contributed by atoms with Gasteiger partial charge in [0.1, 0.15) is 0 Å². The van der Waals surface area contributed by atoms with Crippen LogP contribution in [0.1, 0.15) is 0 Å². The number of nitrogens with one attached hydrogen (secondary N) is 1. The molecule has 0 aromatic rings. The van der Waals surface area contributed by atoms with Gasteiger partial charge in [-0.2, -0.15) is 0 Å². The molecule has 0 aliphatic carbocycles. The van der Waals surface area contributed by atoms with Crippen LogP contribution in [-0.4, -0.2) is 44.6 Å². The van der Waals surface area contributed by atoms with Crippen molar-refractivity contribution >= 4 is 19.5 Å². The van der Waals surface area contributed by atoms with E-state index < -0.39 is 25.3 Å². The Morgan fingerprint density at radius 2 is 2.00 bits per heavy atom. The van der Waals surface area contributed by atoms with Crippen LogP contribution in [0.4, 0.5) is 0 Å². The molecule has 0 aliphatic rings. The zero-order valence-corrected chi connectivity index (χ0v) is 7.60. The third-order valence-corrected chi connectivity index (χ3v) is 2.49. The maximum atomic E-state index is 10.6. The molecule has 76 valence electrons. The molecule has 0 radical (unpaired) electrons. The monoisotopic (exact) mass is 211 g/mol. The Kier molecular flexibility index (Phi) is 3.42. The van der Waals surface area contributed by atoms with Crippen LogP contribution in [0.15, 0.2) is 0 Å². The molecule has 0 aromatic heterocycles. The van der Waals surface area contributed by atoms with Crippen molar-refractivity contribution in [2.24, 2.45) is 5.73 Å². The van der Waals surface area contributed by atoms with Gasteiger partial charge in [-0.3, -0.25) is 9.97 Å². The van der Waals surface area contributed by atoms with Gasteiger partial charge >= 0.3 is 13.6 Å². The second-order valence-corrected chi connectivity index (χ2v) is 3.96. The van der Waals surface area contributed by atoms with Crippen molar-refractivity contribution in [1.29, 1.82) is 5.41 Å². The van der Waals surface area contributed by atoms with Gasteiger partial charge in [0.05, 0.1) is 0 Å². The van der Waals surface area contributed by atoms with E-state index in [2.05, 4.69) is 0 Å². The number of likely N-dealkylation sites (N-methyl/N-ethyl adjacent to an activating group) is 1. The van der Waals surface area contributed by atoms with E-state index in [4.69, 9.17) is 26.0 Å². The van der Waals surface area contributed by atoms with E-state index in [9.17, 15) is 9.36 Å². The largest absolute Gasteiger partial charge is 0.479 e. The number of carboxylic acids is 1. The number of hydrogen-bond donors (Lipinski definition) is 5. The molecule has 9 heteroatoms. The molecule has 13 heavy (non-hydrogen) atoms. The summed E-state index contributed by atoms with van der Waals surface area (Å²) < 4.78 is 10.6. The minimum absolute atomic E-state index is 0.489. The van der Waals surface area contributed by atoms with Crippen LogP contribution < -0.4 is 5.73 Å². The van der Waals surface area contributed by atoms with E-state index in [-0.39, 0.29) is 0 Å². The van der Waals surface area contributed by atoms with E-state index >= 15 is 0 Å². The highest BCUT2D eigenvalue weighted by atomic mass is 31.2. The molecular weight excluding hydrogens is 201 g/mol. The summed E-state index contributed by atoms with van der Waals surface area (Å²) in [4.78, 5) is 28.1. The van der Waals surface area contributed by atoms with Crippen LogP contribution in [-0.2, 0) is 9.36 Å². The summed E-state index contributed by atoms with van der Waals surface area (Å²) in [6, 6.07) is 0. The lowest BCUT2D eigenvalue weighted by atomic mass is 10.6. The Morgan fingerprint density at radius 3 is 2.08 bits per heavy atom. The van der Waals surface area contributed by atoms with Crippen molar-refractivity contribution in [3.05, 3.63) is 0 Å². The number of hydrogen-bond acceptors (Lipinski definition) is 3. The second-order valence-electron chi connectivity index (χ2n) is 2.30. The Balaban J connectivity index is 4.95.